The van der Waals surface area contributed by atoms with Crippen molar-refractivity contribution in [3.8, 4) is 0 Å². The van der Waals surface area contributed by atoms with Gasteiger partial charge in [0.25, 0.3) is 0 Å². The molecular formula is C14H24N2O2S2. The largest absolute Gasteiger partial charge is 0.314 e. The summed E-state index contributed by atoms with van der Waals surface area (Å²) >= 11 is 1.62. The van der Waals surface area contributed by atoms with Crippen LogP contribution in [0.2, 0.25) is 0 Å². The summed E-state index contributed by atoms with van der Waals surface area (Å²) in [5.74, 6) is 0.228. The second kappa shape index (κ2) is 7.54. The van der Waals surface area contributed by atoms with Crippen molar-refractivity contribution in [3.63, 3.8) is 0 Å². The molecule has 114 valence electrons. The molecule has 6 heteroatoms. The van der Waals surface area contributed by atoms with Gasteiger partial charge in [-0.05, 0) is 55.7 Å². The number of hydrogen-bond acceptors (Lipinski definition) is 4. The van der Waals surface area contributed by atoms with Crippen molar-refractivity contribution in [1.29, 1.82) is 0 Å². The lowest BCUT2D eigenvalue weighted by Gasteiger charge is -2.07. The quantitative estimate of drug-likeness (QED) is 0.651. The van der Waals surface area contributed by atoms with Crippen molar-refractivity contribution in [2.45, 2.75) is 51.6 Å². The summed E-state index contributed by atoms with van der Waals surface area (Å²) in [4.78, 5) is 1.13. The average Bonchev–Trinajstić information content (AvgIpc) is 3.12. The Bertz CT molecular complexity index is 507. The van der Waals surface area contributed by atoms with Crippen LogP contribution in [0, 0.1) is 0 Å². The van der Waals surface area contributed by atoms with Gasteiger partial charge in [0, 0.05) is 17.5 Å². The predicted molar refractivity (Wildman–Crippen MR) is 84.6 cm³/mol. The van der Waals surface area contributed by atoms with Crippen molar-refractivity contribution < 1.29 is 8.42 Å². The van der Waals surface area contributed by atoms with E-state index >= 15 is 0 Å². The molecule has 0 saturated heterocycles. The number of thiophene rings is 1. The molecule has 0 spiro atoms. The van der Waals surface area contributed by atoms with E-state index < -0.39 is 10.0 Å². The van der Waals surface area contributed by atoms with Crippen LogP contribution in [0.1, 0.15) is 43.0 Å². The smallest absolute Gasteiger partial charge is 0.211 e. The predicted octanol–water partition coefficient (Wildman–Crippen LogP) is 2.26. The third-order valence-electron chi connectivity index (χ3n) is 3.52. The second-order valence-electron chi connectivity index (χ2n) is 5.30. The molecule has 0 amide bonds. The van der Waals surface area contributed by atoms with Gasteiger partial charge in [0.2, 0.25) is 10.0 Å². The van der Waals surface area contributed by atoms with Crippen molar-refractivity contribution >= 4 is 21.4 Å². The second-order valence-corrected chi connectivity index (χ2v) is 8.23. The summed E-state index contributed by atoms with van der Waals surface area (Å²) in [6, 6.07) is 2.77. The molecule has 2 N–H and O–H groups in total. The van der Waals surface area contributed by atoms with Crippen LogP contribution in [0.15, 0.2) is 11.4 Å². The molecule has 1 aliphatic rings. The standard InChI is InChI=1S/C14H24N2O2S2/c1-2-12-7-9-19-14(12)11-16-20(17,18)10-4-3-8-15-13-5-6-13/h7,9,13,15-16H,2-6,8,10-11H2,1H3. The minimum absolute atomic E-state index is 0.228. The number of sulfonamides is 1. The number of aryl methyl sites for hydroxylation is 1. The molecule has 0 aliphatic heterocycles. The molecule has 1 aromatic heterocycles. The molecule has 4 nitrogen and oxygen atoms in total. The summed E-state index contributed by atoms with van der Waals surface area (Å²) in [5, 5.41) is 5.42. The number of rotatable bonds is 10. The maximum Gasteiger partial charge on any atom is 0.211 e. The average molecular weight is 316 g/mol. The van der Waals surface area contributed by atoms with Gasteiger partial charge in [0.05, 0.1) is 5.75 Å². The number of unbranched alkanes of at least 4 members (excludes halogenated alkanes) is 1. The van der Waals surface area contributed by atoms with E-state index in [9.17, 15) is 8.42 Å². The fourth-order valence-electron chi connectivity index (χ4n) is 2.10. The highest BCUT2D eigenvalue weighted by Crippen LogP contribution is 2.18. The van der Waals surface area contributed by atoms with Crippen molar-refractivity contribution in [2.24, 2.45) is 0 Å². The van der Waals surface area contributed by atoms with Gasteiger partial charge in [-0.1, -0.05) is 6.92 Å². The molecule has 20 heavy (non-hydrogen) atoms. The van der Waals surface area contributed by atoms with Gasteiger partial charge in [-0.25, -0.2) is 13.1 Å². The van der Waals surface area contributed by atoms with E-state index in [0.29, 0.717) is 12.6 Å². The molecule has 0 bridgehead atoms. The molecule has 1 heterocycles. The molecule has 0 unspecified atom stereocenters. The van der Waals surface area contributed by atoms with E-state index in [1.165, 1.54) is 18.4 Å². The van der Waals surface area contributed by atoms with Gasteiger partial charge >= 0.3 is 0 Å². The summed E-state index contributed by atoms with van der Waals surface area (Å²) in [6.45, 7) is 3.46. The lowest BCUT2D eigenvalue weighted by atomic mass is 10.2. The minimum atomic E-state index is -3.14. The van der Waals surface area contributed by atoms with Crippen LogP contribution < -0.4 is 10.0 Å². The first-order valence-electron chi connectivity index (χ1n) is 7.36. The van der Waals surface area contributed by atoms with E-state index in [4.69, 9.17) is 0 Å². The highest BCUT2D eigenvalue weighted by Gasteiger charge is 2.19. The Morgan fingerprint density at radius 1 is 1.35 bits per heavy atom. The van der Waals surface area contributed by atoms with Gasteiger partial charge in [-0.15, -0.1) is 11.3 Å². The fraction of sp³-hybridized carbons (Fsp3) is 0.714. The van der Waals surface area contributed by atoms with Crippen molar-refractivity contribution in [3.05, 3.63) is 21.9 Å². The summed E-state index contributed by atoms with van der Waals surface area (Å²) < 4.78 is 26.5. The van der Waals surface area contributed by atoms with E-state index in [1.807, 2.05) is 5.38 Å². The first-order valence-corrected chi connectivity index (χ1v) is 9.90. The fourth-order valence-corrected chi connectivity index (χ4v) is 4.20. The van der Waals surface area contributed by atoms with E-state index in [2.05, 4.69) is 23.0 Å². The van der Waals surface area contributed by atoms with Crippen LogP contribution in [-0.2, 0) is 23.0 Å². The van der Waals surface area contributed by atoms with E-state index in [1.54, 1.807) is 11.3 Å². The van der Waals surface area contributed by atoms with Gasteiger partial charge in [0.15, 0.2) is 0 Å². The normalized spacial score (nSPS) is 15.7. The van der Waals surface area contributed by atoms with E-state index in [0.717, 1.165) is 30.7 Å². The zero-order chi connectivity index (χ0) is 14.4. The van der Waals surface area contributed by atoms with Crippen LogP contribution in [0.3, 0.4) is 0 Å². The molecule has 1 saturated carbocycles. The van der Waals surface area contributed by atoms with E-state index in [-0.39, 0.29) is 5.75 Å². The molecule has 1 aromatic rings. The molecule has 0 atom stereocenters. The molecule has 2 rings (SSSR count). The monoisotopic (exact) mass is 316 g/mol. The topological polar surface area (TPSA) is 58.2 Å². The lowest BCUT2D eigenvalue weighted by molar-refractivity contribution is 0.573. The van der Waals surface area contributed by atoms with Gasteiger partial charge < -0.3 is 5.32 Å². The first kappa shape index (κ1) is 15.9. The zero-order valence-corrected chi connectivity index (χ0v) is 13.7. The van der Waals surface area contributed by atoms with Crippen LogP contribution in [0.25, 0.3) is 0 Å². The van der Waals surface area contributed by atoms with Gasteiger partial charge in [-0.2, -0.15) is 0 Å². The van der Waals surface area contributed by atoms with Crippen LogP contribution in [0.5, 0.6) is 0 Å². The van der Waals surface area contributed by atoms with Crippen LogP contribution in [0.4, 0.5) is 0 Å². The molecule has 0 aromatic carbocycles. The Balaban J connectivity index is 1.64. The zero-order valence-electron chi connectivity index (χ0n) is 12.0. The maximum absolute atomic E-state index is 11.9. The van der Waals surface area contributed by atoms with Gasteiger partial charge in [-0.3, -0.25) is 0 Å². The molecule has 0 radical (unpaired) electrons. The molecule has 1 aliphatic carbocycles. The van der Waals surface area contributed by atoms with Crippen LogP contribution in [-0.4, -0.2) is 26.8 Å². The first-order chi connectivity index (χ1) is 9.61. The number of nitrogens with one attached hydrogen (secondary N) is 2. The Hall–Kier alpha value is -0.430. The van der Waals surface area contributed by atoms with Gasteiger partial charge in [0.1, 0.15) is 0 Å². The Kier molecular flexibility index (Phi) is 6.01. The highest BCUT2D eigenvalue weighted by molar-refractivity contribution is 7.89. The minimum Gasteiger partial charge on any atom is -0.314 e. The third kappa shape index (κ3) is 5.52. The Morgan fingerprint density at radius 3 is 2.85 bits per heavy atom. The van der Waals surface area contributed by atoms with Crippen LogP contribution >= 0.6 is 11.3 Å². The maximum atomic E-state index is 11.9. The third-order valence-corrected chi connectivity index (χ3v) is 5.89. The summed E-state index contributed by atoms with van der Waals surface area (Å²) in [6.07, 6.45) is 5.16. The van der Waals surface area contributed by atoms with Crippen molar-refractivity contribution in [1.82, 2.24) is 10.0 Å². The Labute approximate surface area is 126 Å². The molecular weight excluding hydrogens is 292 g/mol. The lowest BCUT2D eigenvalue weighted by Crippen LogP contribution is -2.26. The summed E-state index contributed by atoms with van der Waals surface area (Å²) in [7, 11) is -3.14. The van der Waals surface area contributed by atoms with Crippen molar-refractivity contribution in [2.75, 3.05) is 12.3 Å². The summed E-state index contributed by atoms with van der Waals surface area (Å²) in [5.41, 5.74) is 1.24. The highest BCUT2D eigenvalue weighted by atomic mass is 32.2. The molecule has 1 fully saturated rings. The number of hydrogen-bond donors (Lipinski definition) is 2. The Morgan fingerprint density at radius 2 is 2.15 bits per heavy atom. The SMILES string of the molecule is CCc1ccsc1CNS(=O)(=O)CCCCNC1CC1.